The lowest BCUT2D eigenvalue weighted by Gasteiger charge is -2.18. The summed E-state index contributed by atoms with van der Waals surface area (Å²) < 4.78 is 2.00. The second kappa shape index (κ2) is 9.46. The van der Waals surface area contributed by atoms with Crippen molar-refractivity contribution in [2.75, 3.05) is 13.1 Å². The highest BCUT2D eigenvalue weighted by Gasteiger charge is 2.22. The van der Waals surface area contributed by atoms with Crippen molar-refractivity contribution < 1.29 is 9.59 Å². The lowest BCUT2D eigenvalue weighted by molar-refractivity contribution is -0.145. The van der Waals surface area contributed by atoms with E-state index in [0.717, 1.165) is 48.3 Å². The lowest BCUT2D eigenvalue weighted by atomic mass is 10.2. The van der Waals surface area contributed by atoms with Crippen LogP contribution >= 0.6 is 23.2 Å². The van der Waals surface area contributed by atoms with Gasteiger partial charge in [0, 0.05) is 45.8 Å². The first-order chi connectivity index (χ1) is 13.9. The van der Waals surface area contributed by atoms with Gasteiger partial charge in [-0.25, -0.2) is 5.43 Å². The first kappa shape index (κ1) is 21.4. The smallest absolute Gasteiger partial charge is 0.329 e. The molecule has 0 radical (unpaired) electrons. The Morgan fingerprint density at radius 1 is 1.00 bits per heavy atom. The normalized spacial score (nSPS) is 14.8. The summed E-state index contributed by atoms with van der Waals surface area (Å²) in [5.74, 6) is -1.23. The van der Waals surface area contributed by atoms with Gasteiger partial charge >= 0.3 is 11.8 Å². The summed E-state index contributed by atoms with van der Waals surface area (Å²) in [6, 6.07) is 7.28. The maximum Gasteiger partial charge on any atom is 0.329 e. The van der Waals surface area contributed by atoms with Gasteiger partial charge in [0.25, 0.3) is 0 Å². The molecule has 0 unspecified atom stereocenters. The molecule has 0 aliphatic carbocycles. The molecule has 0 spiro atoms. The van der Waals surface area contributed by atoms with E-state index in [2.05, 4.69) is 10.5 Å². The van der Waals surface area contributed by atoms with E-state index in [9.17, 15) is 9.59 Å². The van der Waals surface area contributed by atoms with Crippen molar-refractivity contribution in [3.8, 4) is 5.69 Å². The number of benzene rings is 1. The molecule has 1 aromatic heterocycles. The van der Waals surface area contributed by atoms with E-state index < -0.39 is 11.8 Å². The van der Waals surface area contributed by atoms with Crippen LogP contribution in [0.15, 0.2) is 29.4 Å². The van der Waals surface area contributed by atoms with E-state index in [1.807, 2.05) is 36.6 Å². The number of likely N-dealkylation sites (tertiary alicyclic amines) is 1. The molecule has 1 fully saturated rings. The van der Waals surface area contributed by atoms with E-state index in [0.29, 0.717) is 23.1 Å². The van der Waals surface area contributed by atoms with Gasteiger partial charge in [0.2, 0.25) is 0 Å². The average molecular weight is 435 g/mol. The maximum absolute atomic E-state index is 12.3. The fourth-order valence-corrected chi connectivity index (χ4v) is 4.12. The summed E-state index contributed by atoms with van der Waals surface area (Å²) >= 11 is 12.3. The molecule has 1 aromatic carbocycles. The van der Waals surface area contributed by atoms with Gasteiger partial charge < -0.3 is 9.47 Å². The predicted octanol–water partition coefficient (Wildman–Crippen LogP) is 4.25. The Hall–Kier alpha value is -2.31. The van der Waals surface area contributed by atoms with Crippen molar-refractivity contribution in [3.63, 3.8) is 0 Å². The molecule has 1 saturated heterocycles. The molecular formula is C21H24Cl2N4O2. The number of amides is 2. The second-order valence-corrected chi connectivity index (χ2v) is 8.07. The standard InChI is InChI=1S/C21H24Cl2N4O2/c1-14-9-16(15(2)27(14)19-11-17(22)10-18(23)12-19)13-24-25-20(28)21(29)26-7-5-3-4-6-8-26/h9-13H,3-8H2,1-2H3,(H,25,28)/b24-13-. The zero-order valence-electron chi connectivity index (χ0n) is 16.5. The highest BCUT2D eigenvalue weighted by molar-refractivity contribution is 6.35. The molecule has 2 heterocycles. The topological polar surface area (TPSA) is 66.7 Å². The van der Waals surface area contributed by atoms with Crippen LogP contribution in [0.4, 0.5) is 0 Å². The van der Waals surface area contributed by atoms with Crippen LogP contribution in [0.1, 0.15) is 42.6 Å². The van der Waals surface area contributed by atoms with Crippen molar-refractivity contribution >= 4 is 41.2 Å². The Morgan fingerprint density at radius 2 is 1.62 bits per heavy atom. The number of nitrogens with one attached hydrogen (secondary N) is 1. The molecule has 3 rings (SSSR count). The highest BCUT2D eigenvalue weighted by Crippen LogP contribution is 2.26. The largest absolute Gasteiger partial charge is 0.334 e. The van der Waals surface area contributed by atoms with E-state index >= 15 is 0 Å². The number of rotatable bonds is 3. The Balaban J connectivity index is 1.71. The third-order valence-electron chi connectivity index (χ3n) is 5.03. The Bertz CT molecular complexity index is 924. The number of nitrogens with zero attached hydrogens (tertiary/aromatic N) is 3. The van der Waals surface area contributed by atoms with Crippen molar-refractivity contribution in [2.45, 2.75) is 39.5 Å². The van der Waals surface area contributed by atoms with Crippen LogP contribution in [0.25, 0.3) is 5.69 Å². The third-order valence-corrected chi connectivity index (χ3v) is 5.47. The van der Waals surface area contributed by atoms with Crippen molar-refractivity contribution in [1.29, 1.82) is 0 Å². The second-order valence-electron chi connectivity index (χ2n) is 7.20. The van der Waals surface area contributed by atoms with Crippen LogP contribution in [0, 0.1) is 13.8 Å². The first-order valence-electron chi connectivity index (χ1n) is 9.64. The molecule has 29 heavy (non-hydrogen) atoms. The van der Waals surface area contributed by atoms with Crippen LogP contribution < -0.4 is 5.43 Å². The fourth-order valence-electron chi connectivity index (χ4n) is 3.61. The van der Waals surface area contributed by atoms with Gasteiger partial charge in [-0.2, -0.15) is 5.10 Å². The summed E-state index contributed by atoms with van der Waals surface area (Å²) in [5, 5.41) is 5.09. The molecular weight excluding hydrogens is 411 g/mol. The molecule has 0 bridgehead atoms. The number of aryl methyl sites for hydroxylation is 1. The summed E-state index contributed by atoms with van der Waals surface area (Å²) in [7, 11) is 0. The van der Waals surface area contributed by atoms with Crippen LogP contribution in [0.3, 0.4) is 0 Å². The van der Waals surface area contributed by atoms with Crippen LogP contribution in [0.5, 0.6) is 0 Å². The number of carbonyl (C=O) groups is 2. The lowest BCUT2D eigenvalue weighted by Crippen LogP contribution is -2.41. The quantitative estimate of drug-likeness (QED) is 0.445. The summed E-state index contributed by atoms with van der Waals surface area (Å²) in [5.41, 5.74) is 5.90. The van der Waals surface area contributed by atoms with Gasteiger partial charge in [0.05, 0.1) is 6.21 Å². The van der Waals surface area contributed by atoms with E-state index in [1.165, 1.54) is 0 Å². The molecule has 154 valence electrons. The van der Waals surface area contributed by atoms with Gasteiger partial charge in [-0.3, -0.25) is 9.59 Å². The summed E-state index contributed by atoms with van der Waals surface area (Å²) in [6.07, 6.45) is 5.59. The minimum absolute atomic E-state index is 0.525. The van der Waals surface area contributed by atoms with Gasteiger partial charge in [-0.15, -0.1) is 0 Å². The molecule has 0 saturated carbocycles. The highest BCUT2D eigenvalue weighted by atomic mass is 35.5. The number of hydrazone groups is 1. The number of carbonyl (C=O) groups excluding carboxylic acids is 2. The van der Waals surface area contributed by atoms with Gasteiger partial charge in [-0.05, 0) is 51.0 Å². The predicted molar refractivity (Wildman–Crippen MR) is 116 cm³/mol. The van der Waals surface area contributed by atoms with Crippen molar-refractivity contribution in [1.82, 2.24) is 14.9 Å². The molecule has 6 nitrogen and oxygen atoms in total. The SMILES string of the molecule is Cc1cc(/C=N\NC(=O)C(=O)N2CCCCCC2)c(C)n1-c1cc(Cl)cc(Cl)c1. The Labute approximate surface area is 180 Å². The number of hydrogen-bond acceptors (Lipinski definition) is 3. The van der Waals surface area contributed by atoms with Crippen LogP contribution in [0.2, 0.25) is 10.0 Å². The molecule has 0 atom stereocenters. The van der Waals surface area contributed by atoms with Gasteiger partial charge in [0.15, 0.2) is 0 Å². The Kier molecular flexibility index (Phi) is 6.98. The minimum Gasteiger partial charge on any atom is -0.334 e. The zero-order valence-corrected chi connectivity index (χ0v) is 18.1. The third kappa shape index (κ3) is 5.19. The van der Waals surface area contributed by atoms with E-state index in [-0.39, 0.29) is 0 Å². The number of hydrogen-bond donors (Lipinski definition) is 1. The monoisotopic (exact) mass is 434 g/mol. The maximum atomic E-state index is 12.3. The van der Waals surface area contributed by atoms with Gasteiger partial charge in [0.1, 0.15) is 0 Å². The molecule has 2 amide bonds. The first-order valence-corrected chi connectivity index (χ1v) is 10.4. The molecule has 2 aromatic rings. The fraction of sp³-hybridized carbons (Fsp3) is 0.381. The minimum atomic E-state index is -0.710. The number of aromatic nitrogens is 1. The summed E-state index contributed by atoms with van der Waals surface area (Å²) in [4.78, 5) is 26.0. The molecule has 8 heteroatoms. The van der Waals surface area contributed by atoms with Crippen LogP contribution in [-0.4, -0.2) is 40.6 Å². The zero-order chi connectivity index (χ0) is 21.0. The number of halogens is 2. The van der Waals surface area contributed by atoms with Crippen molar-refractivity contribution in [2.24, 2.45) is 5.10 Å². The van der Waals surface area contributed by atoms with Gasteiger partial charge in [-0.1, -0.05) is 36.0 Å². The van der Waals surface area contributed by atoms with E-state index in [1.54, 1.807) is 17.2 Å². The summed E-state index contributed by atoms with van der Waals surface area (Å²) in [6.45, 7) is 5.15. The average Bonchev–Trinajstić information content (AvgIpc) is 2.84. The van der Waals surface area contributed by atoms with Crippen LogP contribution in [-0.2, 0) is 9.59 Å². The van der Waals surface area contributed by atoms with Crippen molar-refractivity contribution in [3.05, 3.63) is 51.3 Å². The van der Waals surface area contributed by atoms with E-state index in [4.69, 9.17) is 23.2 Å². The molecule has 1 N–H and O–H groups in total. The molecule has 1 aliphatic rings. The Morgan fingerprint density at radius 3 is 2.24 bits per heavy atom. The molecule has 1 aliphatic heterocycles.